The van der Waals surface area contributed by atoms with Crippen LogP contribution in [0.15, 0.2) is 11.6 Å². The van der Waals surface area contributed by atoms with Crippen LogP contribution in [0.2, 0.25) is 0 Å². The van der Waals surface area contributed by atoms with Gasteiger partial charge in [-0.25, -0.2) is 0 Å². The summed E-state index contributed by atoms with van der Waals surface area (Å²) in [6.07, 6.45) is 12.4. The van der Waals surface area contributed by atoms with E-state index in [1.807, 2.05) is 0 Å². The second kappa shape index (κ2) is 5.12. The van der Waals surface area contributed by atoms with E-state index in [0.29, 0.717) is 10.8 Å². The van der Waals surface area contributed by atoms with Crippen LogP contribution in [0, 0.1) is 28.6 Å². The number of esters is 1. The summed E-state index contributed by atoms with van der Waals surface area (Å²) >= 11 is 0. The quantitative estimate of drug-likeness (QED) is 0.395. The maximum Gasteiger partial charge on any atom is 0.302 e. The molecule has 0 bridgehead atoms. The number of hydrogen-bond donors (Lipinski definition) is 0. The third-order valence-corrected chi connectivity index (χ3v) is 9.17. The van der Waals surface area contributed by atoms with Crippen LogP contribution in [0.3, 0.4) is 0 Å². The Morgan fingerprint density at radius 2 is 1.92 bits per heavy atom. The summed E-state index contributed by atoms with van der Waals surface area (Å²) in [6, 6.07) is 0. The van der Waals surface area contributed by atoms with Crippen molar-refractivity contribution in [3.63, 3.8) is 0 Å². The molecule has 3 saturated carbocycles. The first-order chi connectivity index (χ1) is 11.9. The van der Waals surface area contributed by atoms with Crippen LogP contribution in [-0.2, 0) is 14.3 Å². The van der Waals surface area contributed by atoms with E-state index >= 15 is 0 Å². The van der Waals surface area contributed by atoms with Gasteiger partial charge >= 0.3 is 5.97 Å². The SMILES string of the molecule is CC(=O)O[C@H]1CC[C@@]2(C)C(=CC[C@@H]3[C@@H]2CC[C@@]2(C)[C@H]3CC[C@@]23CO3)C1. The Bertz CT molecular complexity index is 633. The second-order valence-corrected chi connectivity index (χ2v) is 10.0. The van der Waals surface area contributed by atoms with Crippen molar-refractivity contribution in [2.75, 3.05) is 6.61 Å². The third kappa shape index (κ3) is 2.11. The maximum absolute atomic E-state index is 11.4. The summed E-state index contributed by atoms with van der Waals surface area (Å²) in [6.45, 7) is 7.60. The molecule has 138 valence electrons. The monoisotopic (exact) mass is 344 g/mol. The van der Waals surface area contributed by atoms with Crippen LogP contribution in [0.5, 0.6) is 0 Å². The van der Waals surface area contributed by atoms with Crippen molar-refractivity contribution in [3.8, 4) is 0 Å². The lowest BCUT2D eigenvalue weighted by Gasteiger charge is -2.57. The van der Waals surface area contributed by atoms with Gasteiger partial charge in [-0.3, -0.25) is 4.79 Å². The number of carbonyl (C=O) groups is 1. The highest BCUT2D eigenvalue weighted by Gasteiger charge is 2.69. The first-order valence-electron chi connectivity index (χ1n) is 10.4. The largest absolute Gasteiger partial charge is 0.462 e. The zero-order valence-electron chi connectivity index (χ0n) is 16.0. The number of rotatable bonds is 1. The van der Waals surface area contributed by atoms with Gasteiger partial charge in [-0.15, -0.1) is 0 Å². The Labute approximate surface area is 151 Å². The van der Waals surface area contributed by atoms with E-state index in [0.717, 1.165) is 37.2 Å². The Kier molecular flexibility index (Phi) is 3.35. The van der Waals surface area contributed by atoms with Crippen LogP contribution in [-0.4, -0.2) is 24.3 Å². The van der Waals surface area contributed by atoms with E-state index in [1.165, 1.54) is 45.4 Å². The molecule has 0 unspecified atom stereocenters. The number of hydrogen-bond acceptors (Lipinski definition) is 3. The summed E-state index contributed by atoms with van der Waals surface area (Å²) < 4.78 is 11.6. The highest BCUT2D eigenvalue weighted by atomic mass is 16.6. The van der Waals surface area contributed by atoms with Crippen LogP contribution >= 0.6 is 0 Å². The number of fused-ring (bicyclic) bond motifs is 6. The first kappa shape index (κ1) is 16.4. The molecule has 0 N–H and O–H groups in total. The van der Waals surface area contributed by atoms with Gasteiger partial charge in [0.1, 0.15) is 6.10 Å². The fourth-order valence-electron chi connectivity index (χ4n) is 7.62. The Hall–Kier alpha value is -0.830. The fourth-order valence-corrected chi connectivity index (χ4v) is 7.62. The van der Waals surface area contributed by atoms with E-state index in [9.17, 15) is 4.79 Å². The molecule has 5 aliphatic rings. The van der Waals surface area contributed by atoms with E-state index in [2.05, 4.69) is 19.9 Å². The molecule has 5 rings (SSSR count). The Morgan fingerprint density at radius 1 is 1.16 bits per heavy atom. The molecule has 1 aliphatic heterocycles. The summed E-state index contributed by atoms with van der Waals surface area (Å²) in [5.41, 5.74) is 2.59. The number of allylic oxidation sites excluding steroid dienone is 1. The summed E-state index contributed by atoms with van der Waals surface area (Å²) in [7, 11) is 0. The van der Waals surface area contributed by atoms with Crippen LogP contribution in [0.1, 0.15) is 72.1 Å². The van der Waals surface area contributed by atoms with Crippen molar-refractivity contribution < 1.29 is 14.3 Å². The van der Waals surface area contributed by atoms with Crippen molar-refractivity contribution in [1.82, 2.24) is 0 Å². The second-order valence-electron chi connectivity index (χ2n) is 10.0. The minimum atomic E-state index is -0.128. The number of carbonyl (C=O) groups excluding carboxylic acids is 1. The smallest absolute Gasteiger partial charge is 0.302 e. The van der Waals surface area contributed by atoms with Crippen molar-refractivity contribution in [3.05, 3.63) is 11.6 Å². The van der Waals surface area contributed by atoms with Gasteiger partial charge in [-0.05, 0) is 68.1 Å². The van der Waals surface area contributed by atoms with E-state index in [4.69, 9.17) is 9.47 Å². The molecule has 4 aliphatic carbocycles. The summed E-state index contributed by atoms with van der Waals surface area (Å²) in [4.78, 5) is 11.4. The average Bonchev–Trinajstić information content (AvgIpc) is 3.29. The standard InChI is InChI=1S/C22H32O3/c1-14(23)25-16-6-9-20(2)15(12-16)4-5-17-18(20)7-10-21(3)19(17)8-11-22(21)13-24-22/h4,16-19H,5-13H2,1-3H3/t16-,17+,18-,19-,20-,21-,22+/m0/s1. The van der Waals surface area contributed by atoms with E-state index in [1.54, 1.807) is 5.57 Å². The number of epoxide rings is 1. The highest BCUT2D eigenvalue weighted by molar-refractivity contribution is 5.66. The predicted molar refractivity (Wildman–Crippen MR) is 95.9 cm³/mol. The molecule has 0 aromatic carbocycles. The molecule has 0 aromatic heterocycles. The van der Waals surface area contributed by atoms with Gasteiger partial charge in [0.05, 0.1) is 12.2 Å². The van der Waals surface area contributed by atoms with Crippen LogP contribution in [0.25, 0.3) is 0 Å². The van der Waals surface area contributed by atoms with Gasteiger partial charge in [0, 0.05) is 18.8 Å². The normalized spacial score (nSPS) is 53.5. The van der Waals surface area contributed by atoms with E-state index < -0.39 is 0 Å². The molecule has 1 heterocycles. The van der Waals surface area contributed by atoms with Crippen molar-refractivity contribution in [1.29, 1.82) is 0 Å². The molecule has 7 atom stereocenters. The van der Waals surface area contributed by atoms with Gasteiger partial charge in [0.15, 0.2) is 0 Å². The molecular weight excluding hydrogens is 312 g/mol. The van der Waals surface area contributed by atoms with Crippen molar-refractivity contribution >= 4 is 5.97 Å². The zero-order valence-corrected chi connectivity index (χ0v) is 16.0. The molecule has 3 heteroatoms. The molecule has 1 saturated heterocycles. The molecular formula is C22H32O3. The minimum absolute atomic E-state index is 0.108. The molecule has 3 nitrogen and oxygen atoms in total. The lowest BCUT2D eigenvalue weighted by molar-refractivity contribution is -0.148. The molecule has 1 spiro atoms. The Morgan fingerprint density at radius 3 is 2.64 bits per heavy atom. The fraction of sp³-hybridized carbons (Fsp3) is 0.864. The average molecular weight is 344 g/mol. The first-order valence-corrected chi connectivity index (χ1v) is 10.4. The van der Waals surface area contributed by atoms with Crippen molar-refractivity contribution in [2.24, 2.45) is 28.6 Å². The zero-order chi connectivity index (χ0) is 17.4. The van der Waals surface area contributed by atoms with Gasteiger partial charge in [-0.1, -0.05) is 25.5 Å². The maximum atomic E-state index is 11.4. The van der Waals surface area contributed by atoms with Crippen LogP contribution in [0.4, 0.5) is 0 Å². The lowest BCUT2D eigenvalue weighted by atomic mass is 9.47. The molecule has 0 aromatic rings. The molecule has 4 fully saturated rings. The van der Waals surface area contributed by atoms with Crippen molar-refractivity contribution in [2.45, 2.75) is 83.8 Å². The molecule has 25 heavy (non-hydrogen) atoms. The van der Waals surface area contributed by atoms with Gasteiger partial charge < -0.3 is 9.47 Å². The topological polar surface area (TPSA) is 38.8 Å². The highest BCUT2D eigenvalue weighted by Crippen LogP contribution is 2.70. The number of ether oxygens (including phenoxy) is 2. The summed E-state index contributed by atoms with van der Waals surface area (Å²) in [5, 5.41) is 0. The minimum Gasteiger partial charge on any atom is -0.462 e. The molecule has 0 amide bonds. The van der Waals surface area contributed by atoms with Gasteiger partial charge in [0.25, 0.3) is 0 Å². The van der Waals surface area contributed by atoms with Gasteiger partial charge in [-0.2, -0.15) is 0 Å². The Balaban J connectivity index is 1.42. The predicted octanol–water partition coefficient (Wildman–Crippen LogP) is 4.65. The molecule has 0 radical (unpaired) electrons. The van der Waals surface area contributed by atoms with E-state index in [-0.39, 0.29) is 17.7 Å². The lowest BCUT2D eigenvalue weighted by Crippen LogP contribution is -2.52. The van der Waals surface area contributed by atoms with Gasteiger partial charge in [0.2, 0.25) is 0 Å². The third-order valence-electron chi connectivity index (χ3n) is 9.17. The summed E-state index contributed by atoms with van der Waals surface area (Å²) in [5.74, 6) is 2.37. The van der Waals surface area contributed by atoms with Crippen LogP contribution < -0.4 is 0 Å².